The highest BCUT2D eigenvalue weighted by atomic mass is 15.1. The van der Waals surface area contributed by atoms with Crippen LogP contribution in [0.5, 0.6) is 0 Å². The van der Waals surface area contributed by atoms with E-state index in [1.165, 1.54) is 31.5 Å². The first-order chi connectivity index (χ1) is 8.33. The molecule has 0 bridgehead atoms. The summed E-state index contributed by atoms with van der Waals surface area (Å²) in [6.45, 7) is 2.26. The molecule has 3 nitrogen and oxygen atoms in total. The Balaban J connectivity index is 2.23. The summed E-state index contributed by atoms with van der Waals surface area (Å²) in [6, 6.07) is 6.71. The smallest absolute Gasteiger partial charge is 0.0578 e. The minimum atomic E-state index is 0.464. The van der Waals surface area contributed by atoms with Gasteiger partial charge in [-0.05, 0) is 58.1 Å². The second-order valence-electron chi connectivity index (χ2n) is 4.99. The van der Waals surface area contributed by atoms with Gasteiger partial charge in [0.25, 0.3) is 0 Å². The molecule has 2 unspecified atom stereocenters. The summed E-state index contributed by atoms with van der Waals surface area (Å²) in [7, 11) is 4.27. The number of likely N-dealkylation sites (tertiary alicyclic amines) is 1. The Hall–Kier alpha value is -0.930. The van der Waals surface area contributed by atoms with Crippen molar-refractivity contribution in [2.24, 2.45) is 5.92 Å². The van der Waals surface area contributed by atoms with Gasteiger partial charge in [-0.2, -0.15) is 0 Å². The molecule has 1 aliphatic rings. The van der Waals surface area contributed by atoms with Gasteiger partial charge in [0.1, 0.15) is 0 Å². The van der Waals surface area contributed by atoms with E-state index >= 15 is 0 Å². The van der Waals surface area contributed by atoms with Crippen molar-refractivity contribution in [2.75, 3.05) is 27.2 Å². The van der Waals surface area contributed by atoms with E-state index in [-0.39, 0.29) is 0 Å². The van der Waals surface area contributed by atoms with Crippen molar-refractivity contribution in [3.05, 3.63) is 30.1 Å². The molecule has 1 N–H and O–H groups in total. The lowest BCUT2D eigenvalue weighted by atomic mass is 9.92. The van der Waals surface area contributed by atoms with E-state index < -0.39 is 0 Å². The Labute approximate surface area is 104 Å². The van der Waals surface area contributed by atoms with E-state index in [1.807, 2.05) is 19.3 Å². The fourth-order valence-corrected chi connectivity index (χ4v) is 2.92. The molecule has 1 saturated heterocycles. The van der Waals surface area contributed by atoms with Crippen LogP contribution in [0.2, 0.25) is 0 Å². The third kappa shape index (κ3) is 3.05. The lowest BCUT2D eigenvalue weighted by molar-refractivity contribution is 0.186. The standard InChI is InChI=1S/C14H23N3/c1-15-11-12-7-4-6-10-17(2)14(12)13-8-3-5-9-16-13/h3,5,8-9,12,14-15H,4,6-7,10-11H2,1-2H3. The second-order valence-corrected chi connectivity index (χ2v) is 4.99. The number of hydrogen-bond donors (Lipinski definition) is 1. The fraction of sp³-hybridized carbons (Fsp3) is 0.643. The minimum Gasteiger partial charge on any atom is -0.319 e. The van der Waals surface area contributed by atoms with E-state index in [0.29, 0.717) is 12.0 Å². The lowest BCUT2D eigenvalue weighted by Crippen LogP contribution is -2.34. The average Bonchev–Trinajstić information content (AvgIpc) is 2.53. The molecule has 0 aliphatic carbocycles. The van der Waals surface area contributed by atoms with Crippen LogP contribution in [0.1, 0.15) is 31.0 Å². The topological polar surface area (TPSA) is 28.2 Å². The Kier molecular flexibility index (Phi) is 4.51. The van der Waals surface area contributed by atoms with Crippen molar-refractivity contribution in [1.29, 1.82) is 0 Å². The maximum absolute atomic E-state index is 4.56. The fourth-order valence-electron chi connectivity index (χ4n) is 2.92. The Morgan fingerprint density at radius 3 is 3.00 bits per heavy atom. The van der Waals surface area contributed by atoms with Crippen LogP contribution in [0.4, 0.5) is 0 Å². The first-order valence-electron chi connectivity index (χ1n) is 6.58. The number of pyridine rings is 1. The van der Waals surface area contributed by atoms with Crippen molar-refractivity contribution < 1.29 is 0 Å². The zero-order valence-electron chi connectivity index (χ0n) is 10.9. The molecule has 1 aromatic rings. The van der Waals surface area contributed by atoms with Crippen molar-refractivity contribution in [3.8, 4) is 0 Å². The minimum absolute atomic E-state index is 0.464. The van der Waals surface area contributed by atoms with Gasteiger partial charge in [0.2, 0.25) is 0 Å². The van der Waals surface area contributed by atoms with Crippen LogP contribution in [0.25, 0.3) is 0 Å². The SMILES string of the molecule is CNCC1CCCCN(C)C1c1ccccn1. The van der Waals surface area contributed by atoms with Gasteiger partial charge < -0.3 is 5.32 Å². The summed E-state index contributed by atoms with van der Waals surface area (Å²) in [5.41, 5.74) is 1.22. The summed E-state index contributed by atoms with van der Waals surface area (Å²) >= 11 is 0. The normalized spacial score (nSPS) is 26.7. The number of nitrogens with zero attached hydrogens (tertiary/aromatic N) is 2. The first-order valence-corrected chi connectivity index (χ1v) is 6.58. The molecule has 1 fully saturated rings. The van der Waals surface area contributed by atoms with Gasteiger partial charge in [-0.25, -0.2) is 0 Å². The lowest BCUT2D eigenvalue weighted by Gasteiger charge is -2.31. The van der Waals surface area contributed by atoms with Crippen molar-refractivity contribution >= 4 is 0 Å². The molecule has 1 aliphatic heterocycles. The van der Waals surface area contributed by atoms with Crippen LogP contribution < -0.4 is 5.32 Å². The monoisotopic (exact) mass is 233 g/mol. The zero-order chi connectivity index (χ0) is 12.1. The summed E-state index contributed by atoms with van der Waals surface area (Å²) in [5, 5.41) is 3.33. The number of hydrogen-bond acceptors (Lipinski definition) is 3. The highest BCUT2D eigenvalue weighted by Gasteiger charge is 2.29. The van der Waals surface area contributed by atoms with Gasteiger partial charge in [0.05, 0.1) is 11.7 Å². The highest BCUT2D eigenvalue weighted by Crippen LogP contribution is 2.32. The van der Waals surface area contributed by atoms with Crippen LogP contribution >= 0.6 is 0 Å². The van der Waals surface area contributed by atoms with E-state index in [0.717, 1.165) is 6.54 Å². The molecule has 94 valence electrons. The molecule has 0 radical (unpaired) electrons. The third-order valence-electron chi connectivity index (χ3n) is 3.71. The second kappa shape index (κ2) is 6.12. The van der Waals surface area contributed by atoms with Gasteiger partial charge in [0, 0.05) is 6.20 Å². The zero-order valence-corrected chi connectivity index (χ0v) is 10.9. The average molecular weight is 233 g/mol. The van der Waals surface area contributed by atoms with Gasteiger partial charge in [0.15, 0.2) is 0 Å². The maximum Gasteiger partial charge on any atom is 0.0578 e. The predicted molar refractivity (Wildman–Crippen MR) is 70.9 cm³/mol. The first kappa shape index (κ1) is 12.5. The van der Waals surface area contributed by atoms with Gasteiger partial charge in [-0.15, -0.1) is 0 Å². The molecule has 2 heterocycles. The molecular formula is C14H23N3. The Bertz CT molecular complexity index is 325. The summed E-state index contributed by atoms with van der Waals surface area (Å²) in [6.07, 6.45) is 5.84. The summed E-state index contributed by atoms with van der Waals surface area (Å²) in [5.74, 6) is 0.669. The quantitative estimate of drug-likeness (QED) is 0.866. The molecule has 0 aromatic carbocycles. The molecular weight excluding hydrogens is 210 g/mol. The molecule has 17 heavy (non-hydrogen) atoms. The molecule has 3 heteroatoms. The number of nitrogens with one attached hydrogen (secondary N) is 1. The van der Waals surface area contributed by atoms with Crippen LogP contribution in [0, 0.1) is 5.92 Å². The van der Waals surface area contributed by atoms with Crippen LogP contribution in [-0.4, -0.2) is 37.1 Å². The summed E-state index contributed by atoms with van der Waals surface area (Å²) < 4.78 is 0. The van der Waals surface area contributed by atoms with Gasteiger partial charge in [-0.1, -0.05) is 12.5 Å². The maximum atomic E-state index is 4.56. The molecule has 0 saturated carbocycles. The van der Waals surface area contributed by atoms with Crippen molar-refractivity contribution in [2.45, 2.75) is 25.3 Å². The predicted octanol–water partition coefficient (Wildman–Crippen LogP) is 2.07. The van der Waals surface area contributed by atoms with E-state index in [4.69, 9.17) is 0 Å². The molecule has 2 atom stereocenters. The molecule has 1 aromatic heterocycles. The highest BCUT2D eigenvalue weighted by molar-refractivity contribution is 5.11. The van der Waals surface area contributed by atoms with Crippen LogP contribution in [0.15, 0.2) is 24.4 Å². The molecule has 0 amide bonds. The van der Waals surface area contributed by atoms with E-state index in [9.17, 15) is 0 Å². The van der Waals surface area contributed by atoms with Crippen molar-refractivity contribution in [3.63, 3.8) is 0 Å². The molecule has 0 spiro atoms. The Morgan fingerprint density at radius 1 is 1.41 bits per heavy atom. The van der Waals surface area contributed by atoms with E-state index in [1.54, 1.807) is 0 Å². The van der Waals surface area contributed by atoms with E-state index in [2.05, 4.69) is 34.4 Å². The van der Waals surface area contributed by atoms with Crippen LogP contribution in [0.3, 0.4) is 0 Å². The summed E-state index contributed by atoms with van der Waals surface area (Å²) in [4.78, 5) is 7.03. The van der Waals surface area contributed by atoms with Gasteiger partial charge in [-0.3, -0.25) is 9.88 Å². The van der Waals surface area contributed by atoms with Gasteiger partial charge >= 0.3 is 0 Å². The van der Waals surface area contributed by atoms with Crippen molar-refractivity contribution in [1.82, 2.24) is 15.2 Å². The number of rotatable bonds is 3. The number of aromatic nitrogens is 1. The molecule has 2 rings (SSSR count). The third-order valence-corrected chi connectivity index (χ3v) is 3.71. The largest absolute Gasteiger partial charge is 0.319 e. The van der Waals surface area contributed by atoms with Crippen LogP contribution in [-0.2, 0) is 0 Å². The Morgan fingerprint density at radius 2 is 2.29 bits per heavy atom.